The molecule has 2 amide bonds. The van der Waals surface area contributed by atoms with E-state index in [1.807, 2.05) is 18.3 Å². The van der Waals surface area contributed by atoms with Gasteiger partial charge in [-0.1, -0.05) is 23.8 Å². The summed E-state index contributed by atoms with van der Waals surface area (Å²) >= 11 is 2.94. The maximum absolute atomic E-state index is 13.5. The summed E-state index contributed by atoms with van der Waals surface area (Å²) in [4.78, 5) is 59.5. The number of unbranched alkanes of at least 4 members (excludes halogenated alkanes) is 2. The molecule has 2 bridgehead atoms. The number of fused-ring (bicyclic) bond motifs is 9. The van der Waals surface area contributed by atoms with Crippen molar-refractivity contribution in [1.29, 1.82) is 0 Å². The molecule has 6 rings (SSSR count). The van der Waals surface area contributed by atoms with Crippen molar-refractivity contribution < 1.29 is 19.5 Å². The van der Waals surface area contributed by atoms with E-state index in [-0.39, 0.29) is 63.9 Å². The number of imide groups is 1. The van der Waals surface area contributed by atoms with Crippen molar-refractivity contribution in [3.8, 4) is 0 Å². The predicted octanol–water partition coefficient (Wildman–Crippen LogP) is 2.95. The summed E-state index contributed by atoms with van der Waals surface area (Å²) < 4.78 is 0. The van der Waals surface area contributed by atoms with Crippen LogP contribution in [0.3, 0.4) is 0 Å². The molecule has 2 aromatic rings. The van der Waals surface area contributed by atoms with Crippen LogP contribution in [0.2, 0.25) is 0 Å². The Morgan fingerprint density at radius 2 is 1.94 bits per heavy atom. The first-order chi connectivity index (χ1) is 16.5. The van der Waals surface area contributed by atoms with Crippen molar-refractivity contribution in [3.63, 3.8) is 0 Å². The molecule has 1 saturated heterocycles. The van der Waals surface area contributed by atoms with Crippen molar-refractivity contribution in [3.05, 3.63) is 44.6 Å². The lowest BCUT2D eigenvalue weighted by molar-refractivity contribution is -0.141. The van der Waals surface area contributed by atoms with Gasteiger partial charge in [-0.3, -0.25) is 29.1 Å². The second-order valence-electron chi connectivity index (χ2n) is 9.78. The minimum atomic E-state index is -0.822. The second-order valence-corrected chi connectivity index (χ2v) is 12.0. The van der Waals surface area contributed by atoms with Gasteiger partial charge in [-0.05, 0) is 48.6 Å². The Morgan fingerprint density at radius 1 is 1.15 bits per heavy atom. The number of aliphatic carboxylic acids is 1. The first-order valence-electron chi connectivity index (χ1n) is 11.8. The molecule has 34 heavy (non-hydrogen) atoms. The number of aromatic nitrogens is 2. The molecule has 4 aliphatic rings. The number of nitrogens with zero attached hydrogens (tertiary/aromatic N) is 2. The summed E-state index contributed by atoms with van der Waals surface area (Å²) in [6.45, 7) is 0.374. The summed E-state index contributed by atoms with van der Waals surface area (Å²) in [5, 5.41) is 9.90. The van der Waals surface area contributed by atoms with Gasteiger partial charge in [0.1, 0.15) is 0 Å². The highest BCUT2D eigenvalue weighted by molar-refractivity contribution is 8.00. The summed E-state index contributed by atoms with van der Waals surface area (Å²) in [7, 11) is 0. The van der Waals surface area contributed by atoms with Crippen LogP contribution in [-0.4, -0.2) is 49.6 Å². The van der Waals surface area contributed by atoms with Crippen molar-refractivity contribution >= 4 is 40.9 Å². The van der Waals surface area contributed by atoms with Gasteiger partial charge in [0.25, 0.3) is 0 Å². The van der Waals surface area contributed by atoms with Crippen LogP contribution in [0.15, 0.2) is 34.3 Å². The van der Waals surface area contributed by atoms with Crippen LogP contribution >= 0.6 is 23.1 Å². The molecule has 7 atom stereocenters. The number of likely N-dealkylation sites (tertiary alicyclic amines) is 1. The molecule has 2 saturated carbocycles. The SMILES string of the molecule is O=C(O)CCCCCN1C(=O)C2C3CC(C2C1=O)C1C3Sc2[nH]c(=O)sc2[C@@H]1c1cccnc1. The first kappa shape index (κ1) is 22.0. The van der Waals surface area contributed by atoms with Gasteiger partial charge in [0, 0.05) is 41.4 Å². The minimum Gasteiger partial charge on any atom is -0.481 e. The average molecular weight is 500 g/mol. The number of thiazole rings is 1. The standard InChI is InChI=1S/C24H25N3O5S2/c28-14(29)6-2-1-3-8-27-22(30)17-12-9-13(18(17)23(27)31)19-16(12)15(11-5-4-7-25-10-11)20-21(33-19)26-24(32)34-20/h4-5,7,10,12-13,15-19H,1-3,6,8-9H2,(H,26,32)(H,28,29)/t12?,13?,15-,16?,17?,18?,19?/m1/s1. The number of carbonyl (C=O) groups is 3. The highest BCUT2D eigenvalue weighted by atomic mass is 32.2. The Morgan fingerprint density at radius 3 is 2.68 bits per heavy atom. The number of hydrogen-bond acceptors (Lipinski definition) is 7. The molecule has 0 radical (unpaired) electrons. The lowest BCUT2D eigenvalue weighted by Crippen LogP contribution is -2.42. The van der Waals surface area contributed by atoms with Crippen LogP contribution in [0.4, 0.5) is 0 Å². The minimum absolute atomic E-state index is 0.00261. The number of pyridine rings is 1. The average Bonchev–Trinajstić information content (AvgIpc) is 3.54. The molecule has 2 aromatic heterocycles. The molecular formula is C24H25N3O5S2. The number of carbonyl (C=O) groups excluding carboxylic acids is 2. The summed E-state index contributed by atoms with van der Waals surface area (Å²) in [6, 6.07) is 3.96. The van der Waals surface area contributed by atoms with E-state index >= 15 is 0 Å². The third-order valence-electron chi connectivity index (χ3n) is 8.13. The van der Waals surface area contributed by atoms with E-state index in [1.54, 1.807) is 18.0 Å². The predicted molar refractivity (Wildman–Crippen MR) is 126 cm³/mol. The fraction of sp³-hybridized carbons (Fsp3) is 0.542. The van der Waals surface area contributed by atoms with Gasteiger partial charge < -0.3 is 10.1 Å². The molecule has 178 valence electrons. The van der Waals surface area contributed by atoms with Crippen LogP contribution in [0.5, 0.6) is 0 Å². The molecule has 0 aromatic carbocycles. The van der Waals surface area contributed by atoms with Gasteiger partial charge in [0.2, 0.25) is 11.8 Å². The summed E-state index contributed by atoms with van der Waals surface area (Å²) in [5.74, 6) is -1.07. The highest BCUT2D eigenvalue weighted by Gasteiger charge is 2.69. The molecule has 4 heterocycles. The number of carboxylic acid groups (broad SMARTS) is 1. The van der Waals surface area contributed by atoms with Crippen LogP contribution < -0.4 is 4.87 Å². The van der Waals surface area contributed by atoms with Gasteiger partial charge in [-0.15, -0.1) is 11.8 Å². The monoisotopic (exact) mass is 499 g/mol. The van der Waals surface area contributed by atoms with Gasteiger partial charge in [0.05, 0.1) is 16.9 Å². The molecule has 3 fully saturated rings. The summed E-state index contributed by atoms with van der Waals surface area (Å²) in [6.07, 6.45) is 6.46. The van der Waals surface area contributed by atoms with E-state index in [1.165, 1.54) is 16.2 Å². The maximum Gasteiger partial charge on any atom is 0.305 e. The number of thioether (sulfide) groups is 1. The van der Waals surface area contributed by atoms with Crippen LogP contribution in [0.25, 0.3) is 0 Å². The number of aromatic amines is 1. The normalized spacial score (nSPS) is 33.2. The molecule has 2 aliphatic heterocycles. The van der Waals surface area contributed by atoms with Crippen molar-refractivity contribution in [1.82, 2.24) is 14.9 Å². The van der Waals surface area contributed by atoms with E-state index in [9.17, 15) is 19.2 Å². The van der Waals surface area contributed by atoms with Gasteiger partial charge in [0.15, 0.2) is 0 Å². The van der Waals surface area contributed by atoms with E-state index in [4.69, 9.17) is 5.11 Å². The Labute approximate surface area is 204 Å². The third kappa shape index (κ3) is 3.29. The second kappa shape index (κ2) is 8.34. The van der Waals surface area contributed by atoms with Crippen molar-refractivity contribution in [2.75, 3.05) is 6.54 Å². The first-order valence-corrected chi connectivity index (χ1v) is 13.5. The fourth-order valence-corrected chi connectivity index (χ4v) is 9.84. The molecule has 0 spiro atoms. The number of H-pyrrole nitrogens is 1. The maximum atomic E-state index is 13.5. The van der Waals surface area contributed by atoms with Crippen LogP contribution in [0.1, 0.15) is 48.5 Å². The molecule has 2 N–H and O–H groups in total. The number of rotatable bonds is 7. The highest BCUT2D eigenvalue weighted by Crippen LogP contribution is 2.68. The zero-order chi connectivity index (χ0) is 23.6. The fourth-order valence-electron chi connectivity index (χ4n) is 6.96. The Bertz CT molecular complexity index is 1210. The zero-order valence-corrected chi connectivity index (χ0v) is 20.0. The van der Waals surface area contributed by atoms with Gasteiger partial charge >= 0.3 is 10.8 Å². The largest absolute Gasteiger partial charge is 0.481 e. The smallest absolute Gasteiger partial charge is 0.305 e. The lowest BCUT2D eigenvalue weighted by atomic mass is 9.68. The van der Waals surface area contributed by atoms with Gasteiger partial charge in [-0.25, -0.2) is 0 Å². The lowest BCUT2D eigenvalue weighted by Gasteiger charge is -2.42. The van der Waals surface area contributed by atoms with E-state index < -0.39 is 5.97 Å². The third-order valence-corrected chi connectivity index (χ3v) is 10.7. The zero-order valence-electron chi connectivity index (χ0n) is 18.4. The van der Waals surface area contributed by atoms with Crippen molar-refractivity contribution in [2.24, 2.45) is 29.6 Å². The topological polar surface area (TPSA) is 120 Å². The Balaban J connectivity index is 1.28. The van der Waals surface area contributed by atoms with Gasteiger partial charge in [-0.2, -0.15) is 0 Å². The number of amides is 2. The van der Waals surface area contributed by atoms with Crippen molar-refractivity contribution in [2.45, 2.75) is 48.3 Å². The van der Waals surface area contributed by atoms with E-state index in [0.29, 0.717) is 25.8 Å². The van der Waals surface area contributed by atoms with E-state index in [2.05, 4.69) is 9.97 Å². The van der Waals surface area contributed by atoms with Crippen LogP contribution in [-0.2, 0) is 14.4 Å². The number of hydrogen-bond donors (Lipinski definition) is 2. The summed E-state index contributed by atoms with van der Waals surface area (Å²) in [5.41, 5.74) is 1.06. The number of nitrogens with one attached hydrogen (secondary N) is 1. The molecular weight excluding hydrogens is 474 g/mol. The molecule has 8 nitrogen and oxygen atoms in total. The number of carboxylic acids is 1. The molecule has 10 heteroatoms. The van der Waals surface area contributed by atoms with E-state index in [0.717, 1.165) is 21.9 Å². The Hall–Kier alpha value is -2.46. The van der Waals surface area contributed by atoms with Crippen LogP contribution in [0, 0.1) is 29.6 Å². The quantitative estimate of drug-likeness (QED) is 0.444. The molecule has 6 unspecified atom stereocenters. The Kier molecular flexibility index (Phi) is 5.40. The molecule has 2 aliphatic carbocycles.